The van der Waals surface area contributed by atoms with Crippen molar-refractivity contribution in [3.63, 3.8) is 0 Å². The zero-order chi connectivity index (χ0) is 14.5. The molecule has 4 nitrogen and oxygen atoms in total. The van der Waals surface area contributed by atoms with Crippen LogP contribution in [0.3, 0.4) is 0 Å². The lowest BCUT2D eigenvalue weighted by atomic mass is 10.2. The highest BCUT2D eigenvalue weighted by Gasteiger charge is 2.20. The quantitative estimate of drug-likeness (QED) is 0.843. The Morgan fingerprint density at radius 3 is 2.71 bits per heavy atom. The molecule has 3 rings (SSSR count). The fourth-order valence-electron chi connectivity index (χ4n) is 2.02. The minimum absolute atomic E-state index is 0.297. The molecular weight excluding hydrogens is 286 g/mol. The van der Waals surface area contributed by atoms with Gasteiger partial charge < -0.3 is 14.2 Å². The van der Waals surface area contributed by atoms with Crippen molar-refractivity contribution in [3.8, 4) is 5.75 Å². The van der Waals surface area contributed by atoms with Gasteiger partial charge in [-0.2, -0.15) is 0 Å². The summed E-state index contributed by atoms with van der Waals surface area (Å²) in [5.41, 5.74) is 1.97. The summed E-state index contributed by atoms with van der Waals surface area (Å²) in [6, 6.07) is 7.99. The molecular formula is C16H17NO3S. The second-order valence-electron chi connectivity index (χ2n) is 4.52. The van der Waals surface area contributed by atoms with Crippen LogP contribution in [-0.4, -0.2) is 24.8 Å². The number of thiazole rings is 1. The number of hydrogen-bond acceptors (Lipinski definition) is 5. The molecule has 5 heteroatoms. The number of hydrogen-bond donors (Lipinski definition) is 0. The van der Waals surface area contributed by atoms with Gasteiger partial charge in [0.1, 0.15) is 16.5 Å². The van der Waals surface area contributed by atoms with E-state index in [4.69, 9.17) is 14.2 Å². The minimum Gasteiger partial charge on any atom is -0.494 e. The summed E-state index contributed by atoms with van der Waals surface area (Å²) < 4.78 is 16.3. The lowest BCUT2D eigenvalue weighted by molar-refractivity contribution is -0.0468. The SMILES string of the molecule is CCOc1ccc(C=Cc2nc(C3OCCO3)cs2)cc1. The van der Waals surface area contributed by atoms with Crippen molar-refractivity contribution >= 4 is 23.5 Å². The van der Waals surface area contributed by atoms with E-state index < -0.39 is 0 Å². The third-order valence-electron chi connectivity index (χ3n) is 3.01. The molecule has 1 fully saturated rings. The van der Waals surface area contributed by atoms with Gasteiger partial charge in [0.25, 0.3) is 0 Å². The number of nitrogens with zero attached hydrogens (tertiary/aromatic N) is 1. The number of aromatic nitrogens is 1. The van der Waals surface area contributed by atoms with E-state index in [1.807, 2.05) is 48.7 Å². The van der Waals surface area contributed by atoms with Gasteiger partial charge in [-0.05, 0) is 30.7 Å². The summed E-state index contributed by atoms with van der Waals surface area (Å²) in [7, 11) is 0. The van der Waals surface area contributed by atoms with Gasteiger partial charge in [0.05, 0.1) is 19.8 Å². The Morgan fingerprint density at radius 1 is 1.24 bits per heavy atom. The van der Waals surface area contributed by atoms with E-state index in [-0.39, 0.29) is 6.29 Å². The van der Waals surface area contributed by atoms with Crippen LogP contribution in [0.4, 0.5) is 0 Å². The van der Waals surface area contributed by atoms with E-state index in [9.17, 15) is 0 Å². The van der Waals surface area contributed by atoms with Gasteiger partial charge in [-0.3, -0.25) is 0 Å². The van der Waals surface area contributed by atoms with Gasteiger partial charge in [0.2, 0.25) is 6.29 Å². The van der Waals surface area contributed by atoms with Gasteiger partial charge in [0, 0.05) is 5.38 Å². The smallest absolute Gasteiger partial charge is 0.202 e. The molecule has 0 bridgehead atoms. The lowest BCUT2D eigenvalue weighted by Crippen LogP contribution is -1.97. The molecule has 0 amide bonds. The first-order valence-corrected chi connectivity index (χ1v) is 7.82. The summed E-state index contributed by atoms with van der Waals surface area (Å²) in [5.74, 6) is 0.890. The van der Waals surface area contributed by atoms with E-state index in [1.54, 1.807) is 11.3 Å². The molecule has 1 aromatic carbocycles. The van der Waals surface area contributed by atoms with Crippen molar-refractivity contribution in [2.45, 2.75) is 13.2 Å². The predicted molar refractivity (Wildman–Crippen MR) is 83.3 cm³/mol. The zero-order valence-electron chi connectivity index (χ0n) is 11.8. The van der Waals surface area contributed by atoms with Crippen LogP contribution in [0.15, 0.2) is 29.6 Å². The van der Waals surface area contributed by atoms with Crippen LogP contribution in [0.5, 0.6) is 5.75 Å². The van der Waals surface area contributed by atoms with Crippen LogP contribution in [0, 0.1) is 0 Å². The molecule has 1 aromatic heterocycles. The van der Waals surface area contributed by atoms with Crippen molar-refractivity contribution in [3.05, 3.63) is 45.9 Å². The average molecular weight is 303 g/mol. The van der Waals surface area contributed by atoms with Crippen molar-refractivity contribution in [1.82, 2.24) is 4.98 Å². The third-order valence-corrected chi connectivity index (χ3v) is 3.84. The van der Waals surface area contributed by atoms with Crippen LogP contribution in [0.2, 0.25) is 0 Å². The average Bonchev–Trinajstić information content (AvgIpc) is 3.18. The molecule has 1 aliphatic rings. The maximum Gasteiger partial charge on any atom is 0.202 e. The highest BCUT2D eigenvalue weighted by molar-refractivity contribution is 7.10. The molecule has 0 unspecified atom stereocenters. The Hall–Kier alpha value is -1.69. The minimum atomic E-state index is -0.297. The molecule has 0 atom stereocenters. The number of benzene rings is 1. The topological polar surface area (TPSA) is 40.6 Å². The molecule has 2 aromatic rings. The first-order valence-electron chi connectivity index (χ1n) is 6.95. The standard InChI is InChI=1S/C16H17NO3S/c1-2-18-13-6-3-12(4-7-13)5-8-15-17-14(11-21-15)16-19-9-10-20-16/h3-8,11,16H,2,9-10H2,1H3. The molecule has 1 aliphatic heterocycles. The molecule has 2 heterocycles. The van der Waals surface area contributed by atoms with Gasteiger partial charge in [-0.1, -0.05) is 18.2 Å². The third kappa shape index (κ3) is 3.69. The van der Waals surface area contributed by atoms with Crippen LogP contribution >= 0.6 is 11.3 Å². The van der Waals surface area contributed by atoms with E-state index in [0.717, 1.165) is 22.0 Å². The van der Waals surface area contributed by atoms with Crippen LogP contribution in [0.1, 0.15) is 29.5 Å². The highest BCUT2D eigenvalue weighted by atomic mass is 32.1. The first kappa shape index (κ1) is 14.3. The van der Waals surface area contributed by atoms with E-state index in [0.29, 0.717) is 19.8 Å². The second-order valence-corrected chi connectivity index (χ2v) is 5.41. The van der Waals surface area contributed by atoms with Gasteiger partial charge in [-0.15, -0.1) is 11.3 Å². The van der Waals surface area contributed by atoms with Crippen molar-refractivity contribution in [2.75, 3.05) is 19.8 Å². The number of rotatable bonds is 5. The molecule has 0 saturated carbocycles. The van der Waals surface area contributed by atoms with Crippen molar-refractivity contribution < 1.29 is 14.2 Å². The largest absolute Gasteiger partial charge is 0.494 e. The van der Waals surface area contributed by atoms with Crippen LogP contribution < -0.4 is 4.74 Å². The first-order chi connectivity index (χ1) is 10.3. The maximum absolute atomic E-state index is 5.44. The Bertz CT molecular complexity index is 600. The molecule has 1 saturated heterocycles. The van der Waals surface area contributed by atoms with Gasteiger partial charge in [0.15, 0.2) is 0 Å². The summed E-state index contributed by atoms with van der Waals surface area (Å²) in [4.78, 5) is 4.51. The Labute approximate surface area is 128 Å². The summed E-state index contributed by atoms with van der Waals surface area (Å²) >= 11 is 1.58. The maximum atomic E-state index is 5.44. The van der Waals surface area contributed by atoms with Crippen LogP contribution in [0.25, 0.3) is 12.2 Å². The fraction of sp³-hybridized carbons (Fsp3) is 0.312. The normalized spacial score (nSPS) is 15.9. The monoisotopic (exact) mass is 303 g/mol. The Balaban J connectivity index is 1.65. The van der Waals surface area contributed by atoms with E-state index in [2.05, 4.69) is 4.98 Å². The molecule has 0 aliphatic carbocycles. The highest BCUT2D eigenvalue weighted by Crippen LogP contribution is 2.25. The number of ether oxygens (including phenoxy) is 3. The summed E-state index contributed by atoms with van der Waals surface area (Å²) in [5, 5.41) is 2.92. The lowest BCUT2D eigenvalue weighted by Gasteiger charge is -2.03. The van der Waals surface area contributed by atoms with Crippen molar-refractivity contribution in [2.24, 2.45) is 0 Å². The Morgan fingerprint density at radius 2 is 2.00 bits per heavy atom. The molecule has 0 N–H and O–H groups in total. The molecule has 0 spiro atoms. The van der Waals surface area contributed by atoms with Crippen molar-refractivity contribution in [1.29, 1.82) is 0 Å². The van der Waals surface area contributed by atoms with E-state index in [1.165, 1.54) is 0 Å². The summed E-state index contributed by atoms with van der Waals surface area (Å²) in [6.45, 7) is 3.94. The van der Waals surface area contributed by atoms with Gasteiger partial charge >= 0.3 is 0 Å². The zero-order valence-corrected chi connectivity index (χ0v) is 12.6. The Kier molecular flexibility index (Phi) is 4.65. The second kappa shape index (κ2) is 6.85. The molecule has 0 radical (unpaired) electrons. The fourth-order valence-corrected chi connectivity index (χ4v) is 2.73. The van der Waals surface area contributed by atoms with Crippen LogP contribution in [-0.2, 0) is 9.47 Å². The van der Waals surface area contributed by atoms with E-state index >= 15 is 0 Å². The molecule has 110 valence electrons. The summed E-state index contributed by atoms with van der Waals surface area (Å²) in [6.07, 6.45) is 3.74. The predicted octanol–water partition coefficient (Wildman–Crippen LogP) is 3.76. The van der Waals surface area contributed by atoms with Gasteiger partial charge in [-0.25, -0.2) is 4.98 Å². The molecule has 21 heavy (non-hydrogen) atoms.